The summed E-state index contributed by atoms with van der Waals surface area (Å²) in [4.78, 5) is 38.3. The molecule has 150 valence electrons. The van der Waals surface area contributed by atoms with Crippen molar-refractivity contribution in [1.29, 1.82) is 0 Å². The monoisotopic (exact) mass is 452 g/mol. The van der Waals surface area contributed by atoms with E-state index in [0.29, 0.717) is 29.3 Å². The molecular weight excluding hydrogens is 439 g/mol. The lowest BCUT2D eigenvalue weighted by Crippen LogP contribution is -2.32. The maximum Gasteiger partial charge on any atom is 0.338 e. The van der Waals surface area contributed by atoms with Crippen LogP contribution in [0.1, 0.15) is 23.7 Å². The average Bonchev–Trinajstić information content (AvgIpc) is 2.91. The molecule has 1 aliphatic rings. The molecule has 6 nitrogen and oxygen atoms in total. The van der Waals surface area contributed by atoms with Gasteiger partial charge in [-0.2, -0.15) is 0 Å². The fourth-order valence-corrected chi connectivity index (χ4v) is 3.21. The van der Waals surface area contributed by atoms with Crippen LogP contribution in [-0.4, -0.2) is 24.4 Å². The summed E-state index contributed by atoms with van der Waals surface area (Å²) in [5.74, 6) is -1.92. The summed E-state index contributed by atoms with van der Waals surface area (Å²) >= 11 is 18.2. The number of benzene rings is 2. The second kappa shape index (κ2) is 8.86. The molecule has 1 N–H and O–H groups in total. The largest absolute Gasteiger partial charge is 0.462 e. The van der Waals surface area contributed by atoms with E-state index < -0.39 is 17.8 Å². The molecule has 0 atom stereocenters. The second-order valence-corrected chi connectivity index (χ2v) is 7.29. The number of hydrogen-bond acceptors (Lipinski definition) is 5. The summed E-state index contributed by atoms with van der Waals surface area (Å²) < 4.78 is 5.10. The Morgan fingerprint density at radius 2 is 1.83 bits per heavy atom. The number of carbonyl (C=O) groups is 3. The summed E-state index contributed by atoms with van der Waals surface area (Å²) in [6, 6.07) is 10.7. The number of hydrogen-bond donors (Lipinski definition) is 1. The first-order valence-electron chi connectivity index (χ1n) is 8.61. The van der Waals surface area contributed by atoms with Gasteiger partial charge in [-0.1, -0.05) is 47.8 Å². The van der Waals surface area contributed by atoms with E-state index in [1.807, 2.05) is 6.92 Å². The van der Waals surface area contributed by atoms with Gasteiger partial charge in [0.15, 0.2) is 0 Å². The van der Waals surface area contributed by atoms with Gasteiger partial charge in [-0.25, -0.2) is 9.69 Å². The van der Waals surface area contributed by atoms with E-state index in [2.05, 4.69) is 5.32 Å². The van der Waals surface area contributed by atoms with Crippen LogP contribution in [0.4, 0.5) is 11.4 Å². The van der Waals surface area contributed by atoms with Gasteiger partial charge in [0, 0.05) is 10.7 Å². The van der Waals surface area contributed by atoms with Gasteiger partial charge in [0.25, 0.3) is 11.8 Å². The third-order valence-corrected chi connectivity index (χ3v) is 4.89. The number of amides is 2. The predicted octanol–water partition coefficient (Wildman–Crippen LogP) is 5.00. The highest BCUT2D eigenvalue weighted by Gasteiger charge is 2.40. The Kier molecular flexibility index (Phi) is 6.47. The minimum atomic E-state index is -0.734. The lowest BCUT2D eigenvalue weighted by Gasteiger charge is -2.17. The van der Waals surface area contributed by atoms with Crippen LogP contribution in [0.3, 0.4) is 0 Å². The van der Waals surface area contributed by atoms with Crippen LogP contribution in [0.15, 0.2) is 53.2 Å². The van der Waals surface area contributed by atoms with Gasteiger partial charge in [-0.3, -0.25) is 9.59 Å². The minimum Gasteiger partial charge on any atom is -0.462 e. The highest BCUT2D eigenvalue weighted by atomic mass is 35.5. The third-order valence-electron chi connectivity index (χ3n) is 3.98. The number of nitrogens with one attached hydrogen (secondary N) is 1. The van der Waals surface area contributed by atoms with E-state index in [1.54, 1.807) is 18.2 Å². The summed E-state index contributed by atoms with van der Waals surface area (Å²) in [5, 5.41) is 2.98. The molecule has 2 aromatic rings. The molecule has 3 rings (SSSR count). The number of rotatable bonds is 6. The average molecular weight is 454 g/mol. The Bertz CT molecular complexity index is 1040. The van der Waals surface area contributed by atoms with Crippen molar-refractivity contribution in [2.24, 2.45) is 0 Å². The predicted molar refractivity (Wildman–Crippen MR) is 112 cm³/mol. The molecule has 0 aromatic heterocycles. The van der Waals surface area contributed by atoms with Gasteiger partial charge in [-0.15, -0.1) is 0 Å². The van der Waals surface area contributed by atoms with Crippen LogP contribution in [-0.2, 0) is 14.3 Å². The zero-order valence-electron chi connectivity index (χ0n) is 15.2. The van der Waals surface area contributed by atoms with E-state index in [9.17, 15) is 14.4 Å². The molecule has 0 fully saturated rings. The molecule has 9 heteroatoms. The van der Waals surface area contributed by atoms with E-state index >= 15 is 0 Å². The number of anilines is 2. The zero-order valence-corrected chi connectivity index (χ0v) is 17.4. The Balaban J connectivity index is 1.87. The van der Waals surface area contributed by atoms with Crippen molar-refractivity contribution in [2.75, 3.05) is 16.8 Å². The van der Waals surface area contributed by atoms with Gasteiger partial charge in [0.05, 0.1) is 22.9 Å². The Labute approximate surface area is 182 Å². The smallest absolute Gasteiger partial charge is 0.338 e. The molecule has 1 aliphatic heterocycles. The summed E-state index contributed by atoms with van der Waals surface area (Å²) in [6.45, 7) is 2.19. The molecule has 2 aromatic carbocycles. The molecule has 29 heavy (non-hydrogen) atoms. The van der Waals surface area contributed by atoms with Crippen LogP contribution < -0.4 is 10.2 Å². The second-order valence-electron chi connectivity index (χ2n) is 6.07. The fourth-order valence-electron chi connectivity index (χ4n) is 2.63. The molecule has 0 bridgehead atoms. The van der Waals surface area contributed by atoms with Crippen molar-refractivity contribution in [3.8, 4) is 0 Å². The number of ether oxygens (including phenoxy) is 1. The maximum atomic E-state index is 12.9. The van der Waals surface area contributed by atoms with Gasteiger partial charge in [0.1, 0.15) is 10.7 Å². The van der Waals surface area contributed by atoms with Crippen molar-refractivity contribution in [2.45, 2.75) is 13.3 Å². The van der Waals surface area contributed by atoms with Crippen LogP contribution in [0.25, 0.3) is 0 Å². The molecule has 2 amide bonds. The first kappa shape index (κ1) is 21.2. The quantitative estimate of drug-likeness (QED) is 0.492. The van der Waals surface area contributed by atoms with Crippen molar-refractivity contribution in [3.05, 3.63) is 68.8 Å². The van der Waals surface area contributed by atoms with Gasteiger partial charge < -0.3 is 10.1 Å². The van der Waals surface area contributed by atoms with Crippen LogP contribution in [0.5, 0.6) is 0 Å². The molecule has 0 radical (unpaired) electrons. The fraction of sp³-hybridized carbons (Fsp3) is 0.150. The summed E-state index contributed by atoms with van der Waals surface area (Å²) in [7, 11) is 0. The maximum absolute atomic E-state index is 12.9. The number of nitrogens with zero attached hydrogens (tertiary/aromatic N) is 1. The Morgan fingerprint density at radius 3 is 2.55 bits per heavy atom. The SMILES string of the molecule is CCCOC(=O)c1cccc(NC2=C(Cl)C(=O)N(c3cc(Cl)ccc3Cl)C2=O)c1. The molecule has 1 heterocycles. The van der Waals surface area contributed by atoms with Crippen molar-refractivity contribution in [3.63, 3.8) is 0 Å². The Hall–Kier alpha value is -2.54. The minimum absolute atomic E-state index is 0.126. The molecule has 0 unspecified atom stereocenters. The zero-order chi connectivity index (χ0) is 21.1. The number of imide groups is 1. The topological polar surface area (TPSA) is 75.7 Å². The van der Waals surface area contributed by atoms with E-state index in [-0.39, 0.29) is 21.4 Å². The number of esters is 1. The number of halogens is 3. The lowest BCUT2D eigenvalue weighted by atomic mass is 10.2. The first-order valence-corrected chi connectivity index (χ1v) is 9.74. The van der Waals surface area contributed by atoms with E-state index in [1.165, 1.54) is 24.3 Å². The van der Waals surface area contributed by atoms with Gasteiger partial charge >= 0.3 is 5.97 Å². The molecule has 0 aliphatic carbocycles. The van der Waals surface area contributed by atoms with E-state index in [0.717, 1.165) is 4.90 Å². The summed E-state index contributed by atoms with van der Waals surface area (Å²) in [6.07, 6.45) is 0.699. The van der Waals surface area contributed by atoms with Crippen molar-refractivity contribution in [1.82, 2.24) is 0 Å². The van der Waals surface area contributed by atoms with Crippen LogP contribution >= 0.6 is 34.8 Å². The van der Waals surface area contributed by atoms with Crippen molar-refractivity contribution >= 4 is 64.0 Å². The highest BCUT2D eigenvalue weighted by Crippen LogP contribution is 2.35. The molecule has 0 saturated heterocycles. The van der Waals surface area contributed by atoms with Crippen LogP contribution in [0, 0.1) is 0 Å². The summed E-state index contributed by atoms with van der Waals surface area (Å²) in [5.41, 5.74) is 0.684. The third kappa shape index (κ3) is 4.40. The Morgan fingerprint density at radius 1 is 1.07 bits per heavy atom. The van der Waals surface area contributed by atoms with E-state index in [4.69, 9.17) is 39.5 Å². The lowest BCUT2D eigenvalue weighted by molar-refractivity contribution is -0.120. The van der Waals surface area contributed by atoms with Gasteiger partial charge in [-0.05, 0) is 42.8 Å². The normalized spacial score (nSPS) is 13.9. The van der Waals surface area contributed by atoms with Crippen LogP contribution in [0.2, 0.25) is 10.0 Å². The molecular formula is C20H15Cl3N2O4. The molecule has 0 saturated carbocycles. The van der Waals surface area contributed by atoms with Crippen molar-refractivity contribution < 1.29 is 19.1 Å². The standard InChI is InChI=1S/C20H15Cl3N2O4/c1-2-8-29-20(28)11-4-3-5-13(9-11)24-17-16(23)18(26)25(19(17)27)15-10-12(21)6-7-14(15)22/h3-7,9-10,24H,2,8H2,1H3. The highest BCUT2D eigenvalue weighted by molar-refractivity contribution is 6.54. The number of carbonyl (C=O) groups excluding carboxylic acids is 3. The molecule has 0 spiro atoms. The van der Waals surface area contributed by atoms with Gasteiger partial charge in [0.2, 0.25) is 0 Å². The first-order chi connectivity index (χ1) is 13.8.